The zero-order valence-electron chi connectivity index (χ0n) is 18.9. The molecule has 1 saturated heterocycles. The molecular formula is C24H27N5O5. The van der Waals surface area contributed by atoms with Crippen molar-refractivity contribution in [3.8, 4) is 0 Å². The number of carbonyl (C=O) groups is 2. The number of benzene rings is 2. The summed E-state index contributed by atoms with van der Waals surface area (Å²) in [6, 6.07) is 15.0. The van der Waals surface area contributed by atoms with Crippen molar-refractivity contribution in [1.29, 1.82) is 0 Å². The highest BCUT2D eigenvalue weighted by Gasteiger charge is 2.34. The first-order valence-corrected chi connectivity index (χ1v) is 11.2. The average Bonchev–Trinajstić information content (AvgIpc) is 2.85. The number of hydrogen-bond donors (Lipinski definition) is 2. The van der Waals surface area contributed by atoms with Gasteiger partial charge < -0.3 is 20.3 Å². The summed E-state index contributed by atoms with van der Waals surface area (Å²) < 4.78 is 5.32. The van der Waals surface area contributed by atoms with Crippen molar-refractivity contribution in [2.24, 2.45) is 0 Å². The minimum atomic E-state index is -0.614. The smallest absolute Gasteiger partial charge is 0.338 e. The molecule has 0 saturated carbocycles. The Morgan fingerprint density at radius 1 is 1.09 bits per heavy atom. The van der Waals surface area contributed by atoms with Gasteiger partial charge in [-0.25, -0.2) is 9.59 Å². The molecule has 2 aromatic rings. The number of nitrogens with one attached hydrogen (secondary N) is 2. The van der Waals surface area contributed by atoms with E-state index in [9.17, 15) is 19.7 Å². The number of urea groups is 1. The fourth-order valence-corrected chi connectivity index (χ4v) is 4.34. The second-order valence-electron chi connectivity index (χ2n) is 8.06. The van der Waals surface area contributed by atoms with Crippen LogP contribution in [-0.2, 0) is 9.53 Å². The summed E-state index contributed by atoms with van der Waals surface area (Å²) in [4.78, 5) is 40.5. The summed E-state index contributed by atoms with van der Waals surface area (Å²) in [7, 11) is 0. The molecule has 10 nitrogen and oxygen atoms in total. The van der Waals surface area contributed by atoms with Crippen LogP contribution in [-0.4, -0.2) is 61.2 Å². The third-order valence-electron chi connectivity index (χ3n) is 5.96. The van der Waals surface area contributed by atoms with Gasteiger partial charge >= 0.3 is 12.0 Å². The molecule has 2 aliphatic rings. The quantitative estimate of drug-likeness (QED) is 0.367. The predicted molar refractivity (Wildman–Crippen MR) is 126 cm³/mol. The minimum absolute atomic E-state index is 0.0829. The van der Waals surface area contributed by atoms with Gasteiger partial charge in [0.05, 0.1) is 23.1 Å². The van der Waals surface area contributed by atoms with Crippen LogP contribution in [0.2, 0.25) is 0 Å². The minimum Gasteiger partial charge on any atom is -0.463 e. The number of nitro benzene ring substituents is 1. The van der Waals surface area contributed by atoms with Crippen molar-refractivity contribution in [3.05, 3.63) is 81.5 Å². The van der Waals surface area contributed by atoms with Crippen LogP contribution in [0.1, 0.15) is 18.5 Å². The molecule has 1 fully saturated rings. The van der Waals surface area contributed by atoms with E-state index in [1.54, 1.807) is 25.1 Å². The van der Waals surface area contributed by atoms with Crippen molar-refractivity contribution < 1.29 is 19.2 Å². The third-order valence-corrected chi connectivity index (χ3v) is 5.96. The molecular weight excluding hydrogens is 438 g/mol. The summed E-state index contributed by atoms with van der Waals surface area (Å²) in [5.74, 6) is -0.475. The Morgan fingerprint density at radius 3 is 2.44 bits per heavy atom. The largest absolute Gasteiger partial charge is 0.463 e. The molecule has 0 aliphatic carbocycles. The first kappa shape index (κ1) is 23.2. The molecule has 10 heteroatoms. The zero-order valence-corrected chi connectivity index (χ0v) is 18.9. The first-order chi connectivity index (χ1) is 16.5. The summed E-state index contributed by atoms with van der Waals surface area (Å²) >= 11 is 0. The van der Waals surface area contributed by atoms with Crippen molar-refractivity contribution in [1.82, 2.24) is 15.5 Å². The van der Waals surface area contributed by atoms with E-state index in [0.717, 1.165) is 5.56 Å². The van der Waals surface area contributed by atoms with E-state index in [1.165, 1.54) is 6.07 Å². The number of carbonyl (C=O) groups excluding carboxylic acids is 2. The van der Waals surface area contributed by atoms with Crippen LogP contribution < -0.4 is 15.5 Å². The summed E-state index contributed by atoms with van der Waals surface area (Å²) in [6.07, 6.45) is 0. The van der Waals surface area contributed by atoms with E-state index in [2.05, 4.69) is 15.5 Å². The highest BCUT2D eigenvalue weighted by Crippen LogP contribution is 2.30. The lowest BCUT2D eigenvalue weighted by Gasteiger charge is -2.37. The normalized spacial score (nSPS) is 18.8. The molecule has 2 N–H and O–H groups in total. The number of nitrogens with zero attached hydrogens (tertiary/aromatic N) is 3. The lowest BCUT2D eigenvalue weighted by molar-refractivity contribution is -0.384. The Kier molecular flexibility index (Phi) is 7.07. The van der Waals surface area contributed by atoms with E-state index >= 15 is 0 Å². The molecule has 0 radical (unpaired) electrons. The molecule has 2 aromatic carbocycles. The molecule has 0 aromatic heterocycles. The molecule has 1 atom stereocenters. The number of ether oxygens (including phenoxy) is 1. The second-order valence-corrected chi connectivity index (χ2v) is 8.06. The highest BCUT2D eigenvalue weighted by atomic mass is 16.6. The Bertz CT molecular complexity index is 1100. The van der Waals surface area contributed by atoms with E-state index < -0.39 is 12.0 Å². The van der Waals surface area contributed by atoms with Gasteiger partial charge in [0.1, 0.15) is 5.69 Å². The van der Waals surface area contributed by atoms with Crippen molar-refractivity contribution in [3.63, 3.8) is 0 Å². The third kappa shape index (κ3) is 5.01. The number of para-hydroxylation sites is 2. The van der Waals surface area contributed by atoms with Gasteiger partial charge in [-0.15, -0.1) is 0 Å². The van der Waals surface area contributed by atoms with E-state index in [-0.39, 0.29) is 23.2 Å². The average molecular weight is 466 g/mol. The molecule has 0 unspecified atom stereocenters. The Morgan fingerprint density at radius 2 is 1.76 bits per heavy atom. The second kappa shape index (κ2) is 10.3. The van der Waals surface area contributed by atoms with Gasteiger partial charge in [0.2, 0.25) is 0 Å². The van der Waals surface area contributed by atoms with Gasteiger partial charge in [-0.05, 0) is 18.6 Å². The van der Waals surface area contributed by atoms with Crippen LogP contribution in [0.4, 0.5) is 16.2 Å². The lowest BCUT2D eigenvalue weighted by Crippen LogP contribution is -2.51. The van der Waals surface area contributed by atoms with Gasteiger partial charge in [-0.1, -0.05) is 42.5 Å². The summed E-state index contributed by atoms with van der Waals surface area (Å²) in [5, 5.41) is 17.0. The zero-order chi connectivity index (χ0) is 24.1. The van der Waals surface area contributed by atoms with E-state index in [1.807, 2.05) is 35.2 Å². The predicted octanol–water partition coefficient (Wildman–Crippen LogP) is 2.59. The van der Waals surface area contributed by atoms with Crippen LogP contribution in [0.5, 0.6) is 0 Å². The summed E-state index contributed by atoms with van der Waals surface area (Å²) in [5.41, 5.74) is 2.36. The number of anilines is 1. The fraction of sp³-hybridized carbons (Fsp3) is 0.333. The van der Waals surface area contributed by atoms with Gasteiger partial charge in [0.15, 0.2) is 0 Å². The number of nitro groups is 1. The van der Waals surface area contributed by atoms with Crippen molar-refractivity contribution in [2.75, 3.05) is 44.2 Å². The highest BCUT2D eigenvalue weighted by molar-refractivity contribution is 5.95. The maximum Gasteiger partial charge on any atom is 0.338 e. The van der Waals surface area contributed by atoms with Crippen molar-refractivity contribution >= 4 is 23.4 Å². The van der Waals surface area contributed by atoms with Crippen LogP contribution in [0.25, 0.3) is 0 Å². The molecule has 0 bridgehead atoms. The molecule has 4 rings (SSSR count). The Balaban J connectivity index is 1.55. The number of piperazine rings is 1. The van der Waals surface area contributed by atoms with E-state index in [4.69, 9.17) is 4.74 Å². The molecule has 2 amide bonds. The summed E-state index contributed by atoms with van der Waals surface area (Å²) in [6.45, 7) is 4.72. The molecule has 2 heterocycles. The van der Waals surface area contributed by atoms with Crippen molar-refractivity contribution in [2.45, 2.75) is 13.0 Å². The number of hydrogen-bond acceptors (Lipinski definition) is 7. The van der Waals surface area contributed by atoms with Gasteiger partial charge in [0.25, 0.3) is 5.69 Å². The molecule has 2 aliphatic heterocycles. The van der Waals surface area contributed by atoms with Gasteiger partial charge in [-0.3, -0.25) is 15.0 Å². The molecule has 34 heavy (non-hydrogen) atoms. The maximum absolute atomic E-state index is 12.9. The monoisotopic (exact) mass is 465 g/mol. The van der Waals surface area contributed by atoms with Crippen LogP contribution in [0.3, 0.4) is 0 Å². The SMILES string of the molecule is CCOC(=O)C1=C(CN2CCN(c3ccccc3[N+](=O)[O-])CC2)NC(=O)N[C@@H]1c1ccccc1. The van der Waals surface area contributed by atoms with Crippen LogP contribution >= 0.6 is 0 Å². The first-order valence-electron chi connectivity index (χ1n) is 11.2. The van der Waals surface area contributed by atoms with Gasteiger partial charge in [0, 0.05) is 44.5 Å². The molecule has 0 spiro atoms. The fourth-order valence-electron chi connectivity index (χ4n) is 4.34. The topological polar surface area (TPSA) is 117 Å². The Labute approximate surface area is 197 Å². The van der Waals surface area contributed by atoms with Gasteiger partial charge in [-0.2, -0.15) is 0 Å². The number of amides is 2. The van der Waals surface area contributed by atoms with E-state index in [0.29, 0.717) is 49.7 Å². The number of rotatable bonds is 7. The molecule has 178 valence electrons. The Hall–Kier alpha value is -3.92. The maximum atomic E-state index is 12.9. The lowest BCUT2D eigenvalue weighted by atomic mass is 9.95. The van der Waals surface area contributed by atoms with Crippen LogP contribution in [0, 0.1) is 10.1 Å². The standard InChI is InChI=1S/C24H27N5O5/c1-2-34-23(30)21-18(25-24(31)26-22(21)17-8-4-3-5-9-17)16-27-12-14-28(15-13-27)19-10-6-7-11-20(19)29(32)33/h3-11,22H,2,12-16H2,1H3,(H2,25,26,31)/t22-/m1/s1. The van der Waals surface area contributed by atoms with Crippen LogP contribution in [0.15, 0.2) is 65.9 Å². The number of esters is 1.